The van der Waals surface area contributed by atoms with E-state index in [-0.39, 0.29) is 17.2 Å². The van der Waals surface area contributed by atoms with E-state index in [0.29, 0.717) is 28.3 Å². The van der Waals surface area contributed by atoms with Crippen LogP contribution in [0, 0.1) is 13.8 Å². The van der Waals surface area contributed by atoms with E-state index < -0.39 is 5.92 Å². The van der Waals surface area contributed by atoms with Crippen LogP contribution in [0.5, 0.6) is 5.75 Å². The summed E-state index contributed by atoms with van der Waals surface area (Å²) in [5.74, 6) is -0.0163. The molecule has 0 amide bonds. The van der Waals surface area contributed by atoms with Crippen molar-refractivity contribution in [2.75, 3.05) is 0 Å². The van der Waals surface area contributed by atoms with E-state index >= 15 is 0 Å². The van der Waals surface area contributed by atoms with Crippen molar-refractivity contribution >= 4 is 0 Å². The first-order valence-corrected chi connectivity index (χ1v) is 12.4. The third-order valence-electron chi connectivity index (χ3n) is 6.43. The van der Waals surface area contributed by atoms with Crippen molar-refractivity contribution in [3.8, 4) is 17.1 Å². The minimum atomic E-state index is -0.655. The number of nitrogens with zero attached hydrogens (tertiary/aromatic N) is 2. The topological polar surface area (TPSA) is 84.8 Å². The summed E-state index contributed by atoms with van der Waals surface area (Å²) in [6.07, 6.45) is -0.0802. The monoisotopic (exact) mass is 494 g/mol. The lowest BCUT2D eigenvalue weighted by atomic mass is 9.84. The highest BCUT2D eigenvalue weighted by atomic mass is 16.5. The number of hydrogen-bond acceptors (Lipinski definition) is 3. The summed E-state index contributed by atoms with van der Waals surface area (Å²) in [7, 11) is 0. The third kappa shape index (κ3) is 4.44. The molecular weight excluding hydrogens is 464 g/mol. The van der Waals surface area contributed by atoms with Gasteiger partial charge in [-0.2, -0.15) is 0 Å². The largest absolute Gasteiger partial charge is 0.491 e. The van der Waals surface area contributed by atoms with Crippen LogP contribution in [0.2, 0.25) is 0 Å². The minimum Gasteiger partial charge on any atom is -0.491 e. The van der Waals surface area contributed by atoms with Gasteiger partial charge in [-0.15, -0.1) is 0 Å². The van der Waals surface area contributed by atoms with Crippen LogP contribution >= 0.6 is 0 Å². The second-order valence-electron chi connectivity index (χ2n) is 9.39. The van der Waals surface area contributed by atoms with E-state index in [1.807, 2.05) is 113 Å². The maximum atomic E-state index is 14.0. The second kappa shape index (κ2) is 9.85. The van der Waals surface area contributed by atoms with E-state index in [4.69, 9.17) is 4.74 Å². The van der Waals surface area contributed by atoms with Crippen molar-refractivity contribution in [1.82, 2.24) is 19.6 Å². The average molecular weight is 495 g/mol. The van der Waals surface area contributed by atoms with Crippen molar-refractivity contribution in [2.24, 2.45) is 0 Å². The molecule has 0 radical (unpaired) electrons. The Bertz CT molecular complexity index is 1540. The van der Waals surface area contributed by atoms with Gasteiger partial charge in [-0.3, -0.25) is 19.8 Å². The first kappa shape index (κ1) is 24.2. The molecule has 188 valence electrons. The maximum absolute atomic E-state index is 14.0. The highest BCUT2D eigenvalue weighted by Crippen LogP contribution is 2.37. The van der Waals surface area contributed by atoms with Crippen molar-refractivity contribution in [2.45, 2.75) is 39.7 Å². The van der Waals surface area contributed by atoms with Crippen LogP contribution in [-0.4, -0.2) is 25.7 Å². The standard InChI is InChI=1S/C30H30N4O3/c1-19(2)37-25-18-12-11-17-24(25)28(26-20(3)31-33(29(26)35)22-13-7-5-8-14-22)27-21(4)32-34(30(27)36)23-15-9-6-10-16-23/h5-19,28,31-32H,1-4H3. The van der Waals surface area contributed by atoms with Crippen LogP contribution in [0.25, 0.3) is 11.4 Å². The van der Waals surface area contributed by atoms with Gasteiger partial charge in [0.2, 0.25) is 0 Å². The van der Waals surface area contributed by atoms with Crippen molar-refractivity contribution in [3.05, 3.63) is 134 Å². The Morgan fingerprint density at radius 3 is 1.54 bits per heavy atom. The van der Waals surface area contributed by atoms with E-state index in [9.17, 15) is 9.59 Å². The number of hydrogen-bond donors (Lipinski definition) is 2. The summed E-state index contributed by atoms with van der Waals surface area (Å²) in [4.78, 5) is 28.0. The lowest BCUT2D eigenvalue weighted by Crippen LogP contribution is -2.26. The number of aromatic nitrogens is 4. The van der Waals surface area contributed by atoms with Gasteiger partial charge in [0, 0.05) is 17.0 Å². The zero-order valence-corrected chi connectivity index (χ0v) is 21.4. The molecule has 0 fully saturated rings. The Balaban J connectivity index is 1.80. The van der Waals surface area contributed by atoms with Gasteiger partial charge < -0.3 is 4.74 Å². The molecule has 2 aromatic heterocycles. The number of rotatable bonds is 7. The molecule has 7 nitrogen and oxygen atoms in total. The van der Waals surface area contributed by atoms with Crippen LogP contribution in [0.4, 0.5) is 0 Å². The summed E-state index contributed by atoms with van der Waals surface area (Å²) >= 11 is 0. The minimum absolute atomic E-state index is 0.0802. The van der Waals surface area contributed by atoms with Crippen molar-refractivity contribution < 1.29 is 4.74 Å². The van der Waals surface area contributed by atoms with E-state index in [1.54, 1.807) is 0 Å². The summed E-state index contributed by atoms with van der Waals surface area (Å²) in [5.41, 5.74) is 4.16. The van der Waals surface area contributed by atoms with Gasteiger partial charge in [0.1, 0.15) is 5.75 Å². The van der Waals surface area contributed by atoms with Gasteiger partial charge in [-0.1, -0.05) is 54.6 Å². The predicted molar refractivity (Wildman–Crippen MR) is 145 cm³/mol. The molecule has 5 aromatic rings. The fourth-order valence-corrected chi connectivity index (χ4v) is 4.85. The molecule has 0 spiro atoms. The number of nitrogens with one attached hydrogen (secondary N) is 2. The summed E-state index contributed by atoms with van der Waals surface area (Å²) < 4.78 is 9.23. The fourth-order valence-electron chi connectivity index (χ4n) is 4.85. The molecule has 0 aliphatic carbocycles. The third-order valence-corrected chi connectivity index (χ3v) is 6.43. The zero-order valence-electron chi connectivity index (χ0n) is 21.4. The van der Waals surface area contributed by atoms with Crippen LogP contribution in [0.1, 0.15) is 47.8 Å². The number of para-hydroxylation sites is 3. The van der Waals surface area contributed by atoms with Crippen LogP contribution in [0.3, 0.4) is 0 Å². The molecule has 5 rings (SSSR count). The molecule has 2 heterocycles. The molecule has 0 unspecified atom stereocenters. The SMILES string of the molecule is Cc1[nH]n(-c2ccccc2)c(=O)c1C(c1ccccc1OC(C)C)c1c(C)[nH]n(-c2ccccc2)c1=O. The van der Waals surface area contributed by atoms with E-state index in [1.165, 1.54) is 9.36 Å². The summed E-state index contributed by atoms with van der Waals surface area (Å²) in [6.45, 7) is 7.65. The smallest absolute Gasteiger partial charge is 0.275 e. The van der Waals surface area contributed by atoms with Gasteiger partial charge in [-0.25, -0.2) is 9.36 Å². The zero-order chi connectivity index (χ0) is 26.1. The molecule has 0 aliphatic heterocycles. The number of aromatic amines is 2. The summed E-state index contributed by atoms with van der Waals surface area (Å²) in [6, 6.07) is 26.5. The molecule has 3 aromatic carbocycles. The predicted octanol–water partition coefficient (Wildman–Crippen LogP) is 5.23. The van der Waals surface area contributed by atoms with E-state index in [2.05, 4.69) is 10.2 Å². The van der Waals surface area contributed by atoms with Gasteiger partial charge in [0.05, 0.1) is 34.5 Å². The Morgan fingerprint density at radius 1 is 0.649 bits per heavy atom. The Labute approximate surface area is 215 Å². The molecular formula is C30H30N4O3. The van der Waals surface area contributed by atoms with Gasteiger partial charge in [-0.05, 0) is 58.0 Å². The molecule has 0 atom stereocenters. The Morgan fingerprint density at radius 2 is 1.08 bits per heavy atom. The highest BCUT2D eigenvalue weighted by Gasteiger charge is 2.32. The van der Waals surface area contributed by atoms with E-state index in [0.717, 1.165) is 16.9 Å². The number of benzene rings is 3. The lowest BCUT2D eigenvalue weighted by Gasteiger charge is -2.21. The molecule has 0 bridgehead atoms. The molecule has 0 saturated heterocycles. The van der Waals surface area contributed by atoms with Crippen molar-refractivity contribution in [1.29, 1.82) is 0 Å². The van der Waals surface area contributed by atoms with Crippen LogP contribution in [0.15, 0.2) is 94.5 Å². The number of aryl methyl sites for hydroxylation is 2. The van der Waals surface area contributed by atoms with Crippen LogP contribution < -0.4 is 15.9 Å². The average Bonchev–Trinajstić information content (AvgIpc) is 3.36. The first-order valence-electron chi connectivity index (χ1n) is 12.4. The van der Waals surface area contributed by atoms with Crippen molar-refractivity contribution in [3.63, 3.8) is 0 Å². The lowest BCUT2D eigenvalue weighted by molar-refractivity contribution is 0.239. The van der Waals surface area contributed by atoms with Gasteiger partial charge in [0.25, 0.3) is 11.1 Å². The highest BCUT2D eigenvalue weighted by molar-refractivity contribution is 5.52. The van der Waals surface area contributed by atoms with Gasteiger partial charge >= 0.3 is 0 Å². The van der Waals surface area contributed by atoms with Crippen LogP contribution in [-0.2, 0) is 0 Å². The second-order valence-corrected chi connectivity index (χ2v) is 9.39. The maximum Gasteiger partial charge on any atom is 0.275 e. The fraction of sp³-hybridized carbons (Fsp3) is 0.200. The quantitative estimate of drug-likeness (QED) is 0.325. The first-order chi connectivity index (χ1) is 17.9. The molecule has 2 N–H and O–H groups in total. The summed E-state index contributed by atoms with van der Waals surface area (Å²) in [5, 5.41) is 6.46. The Hall–Kier alpha value is -4.52. The molecule has 0 aliphatic rings. The molecule has 7 heteroatoms. The normalized spacial score (nSPS) is 11.4. The molecule has 37 heavy (non-hydrogen) atoms. The molecule has 0 saturated carbocycles. The van der Waals surface area contributed by atoms with Gasteiger partial charge in [0.15, 0.2) is 0 Å². The Kier molecular flexibility index (Phi) is 6.44. The number of ether oxygens (including phenoxy) is 1. The number of H-pyrrole nitrogens is 2.